The van der Waals surface area contributed by atoms with E-state index in [-0.39, 0.29) is 0 Å². The summed E-state index contributed by atoms with van der Waals surface area (Å²) in [6.07, 6.45) is 0. The largest absolute Gasteiger partial charge is 0.338 e. The standard InChI is InChI=1S/C14H17ClN4O/c1-10-8-16-6-7-19(10)9-13-17-14(18-20-13)11-2-4-12(15)5-3-11/h2-5,10,16H,6-9H2,1H3/t10-/m1/s1. The Morgan fingerprint density at radius 2 is 2.20 bits per heavy atom. The number of nitrogens with one attached hydrogen (secondary N) is 1. The van der Waals surface area contributed by atoms with Crippen LogP contribution in [-0.2, 0) is 6.54 Å². The van der Waals surface area contributed by atoms with E-state index in [0.717, 1.165) is 25.2 Å². The van der Waals surface area contributed by atoms with Crippen LogP contribution in [0, 0.1) is 0 Å². The van der Waals surface area contributed by atoms with Gasteiger partial charge in [-0.3, -0.25) is 4.90 Å². The molecule has 1 saturated heterocycles. The van der Waals surface area contributed by atoms with Gasteiger partial charge in [0.2, 0.25) is 11.7 Å². The average molecular weight is 293 g/mol. The van der Waals surface area contributed by atoms with E-state index in [1.807, 2.05) is 24.3 Å². The van der Waals surface area contributed by atoms with Gasteiger partial charge in [-0.15, -0.1) is 0 Å². The summed E-state index contributed by atoms with van der Waals surface area (Å²) in [7, 11) is 0. The minimum atomic E-state index is 0.481. The molecule has 1 fully saturated rings. The summed E-state index contributed by atoms with van der Waals surface area (Å²) < 4.78 is 5.34. The molecule has 0 unspecified atom stereocenters. The van der Waals surface area contributed by atoms with Crippen molar-refractivity contribution in [3.05, 3.63) is 35.2 Å². The molecule has 6 heteroatoms. The maximum absolute atomic E-state index is 5.87. The molecule has 1 aromatic carbocycles. The third-order valence-corrected chi connectivity index (χ3v) is 3.80. The zero-order chi connectivity index (χ0) is 13.9. The second-order valence-corrected chi connectivity index (χ2v) is 5.48. The van der Waals surface area contributed by atoms with E-state index in [2.05, 4.69) is 27.3 Å². The van der Waals surface area contributed by atoms with Crippen molar-refractivity contribution in [3.8, 4) is 11.4 Å². The van der Waals surface area contributed by atoms with Crippen LogP contribution >= 0.6 is 11.6 Å². The molecule has 0 bridgehead atoms. The van der Waals surface area contributed by atoms with Crippen molar-refractivity contribution in [2.75, 3.05) is 19.6 Å². The van der Waals surface area contributed by atoms with E-state index >= 15 is 0 Å². The Labute approximate surface area is 122 Å². The van der Waals surface area contributed by atoms with Crippen molar-refractivity contribution in [2.45, 2.75) is 19.5 Å². The van der Waals surface area contributed by atoms with Crippen LogP contribution < -0.4 is 5.32 Å². The molecule has 106 valence electrons. The molecule has 1 aliphatic heterocycles. The van der Waals surface area contributed by atoms with E-state index in [9.17, 15) is 0 Å². The first-order valence-corrected chi connectivity index (χ1v) is 7.13. The lowest BCUT2D eigenvalue weighted by atomic mass is 10.2. The first kappa shape index (κ1) is 13.5. The van der Waals surface area contributed by atoms with E-state index < -0.39 is 0 Å². The fourth-order valence-corrected chi connectivity index (χ4v) is 2.45. The van der Waals surface area contributed by atoms with Gasteiger partial charge >= 0.3 is 0 Å². The van der Waals surface area contributed by atoms with Gasteiger partial charge in [0.15, 0.2) is 0 Å². The zero-order valence-electron chi connectivity index (χ0n) is 11.3. The smallest absolute Gasteiger partial charge is 0.241 e. The van der Waals surface area contributed by atoms with Gasteiger partial charge in [-0.05, 0) is 31.2 Å². The highest BCUT2D eigenvalue weighted by atomic mass is 35.5. The monoisotopic (exact) mass is 292 g/mol. The number of hydrogen-bond donors (Lipinski definition) is 1. The lowest BCUT2D eigenvalue weighted by Crippen LogP contribution is -2.49. The quantitative estimate of drug-likeness (QED) is 0.940. The molecule has 1 aliphatic rings. The average Bonchev–Trinajstić information content (AvgIpc) is 2.91. The van der Waals surface area contributed by atoms with Gasteiger partial charge in [0, 0.05) is 36.3 Å². The van der Waals surface area contributed by atoms with Crippen molar-refractivity contribution >= 4 is 11.6 Å². The summed E-state index contributed by atoms with van der Waals surface area (Å²) in [6, 6.07) is 7.92. The van der Waals surface area contributed by atoms with Crippen LogP contribution in [0.1, 0.15) is 12.8 Å². The highest BCUT2D eigenvalue weighted by Gasteiger charge is 2.20. The number of hydrogen-bond acceptors (Lipinski definition) is 5. The molecule has 3 rings (SSSR count). The number of benzene rings is 1. The van der Waals surface area contributed by atoms with E-state index in [1.165, 1.54) is 0 Å². The first-order chi connectivity index (χ1) is 9.72. The highest BCUT2D eigenvalue weighted by molar-refractivity contribution is 6.30. The molecule has 1 atom stereocenters. The fourth-order valence-electron chi connectivity index (χ4n) is 2.33. The third-order valence-electron chi connectivity index (χ3n) is 3.55. The molecule has 2 aromatic rings. The Morgan fingerprint density at radius 3 is 2.95 bits per heavy atom. The Morgan fingerprint density at radius 1 is 1.40 bits per heavy atom. The number of nitrogens with zero attached hydrogens (tertiary/aromatic N) is 3. The molecule has 0 amide bonds. The maximum Gasteiger partial charge on any atom is 0.241 e. The molecule has 2 heterocycles. The molecule has 0 radical (unpaired) electrons. The highest BCUT2D eigenvalue weighted by Crippen LogP contribution is 2.19. The number of piperazine rings is 1. The minimum absolute atomic E-state index is 0.481. The van der Waals surface area contributed by atoms with Gasteiger partial charge in [-0.25, -0.2) is 0 Å². The van der Waals surface area contributed by atoms with E-state index in [0.29, 0.717) is 29.3 Å². The molecule has 20 heavy (non-hydrogen) atoms. The van der Waals surface area contributed by atoms with Gasteiger partial charge in [-0.2, -0.15) is 4.98 Å². The van der Waals surface area contributed by atoms with Crippen molar-refractivity contribution in [3.63, 3.8) is 0 Å². The summed E-state index contributed by atoms with van der Waals surface area (Å²) in [4.78, 5) is 6.80. The van der Waals surface area contributed by atoms with E-state index in [4.69, 9.17) is 16.1 Å². The Bertz CT molecular complexity index is 569. The van der Waals surface area contributed by atoms with Crippen LogP contribution in [0.5, 0.6) is 0 Å². The molecule has 0 saturated carbocycles. The minimum Gasteiger partial charge on any atom is -0.338 e. The lowest BCUT2D eigenvalue weighted by Gasteiger charge is -2.32. The Balaban J connectivity index is 1.71. The van der Waals surface area contributed by atoms with Gasteiger partial charge in [0.25, 0.3) is 0 Å². The topological polar surface area (TPSA) is 54.2 Å². The molecular weight excluding hydrogens is 276 g/mol. The summed E-state index contributed by atoms with van der Waals surface area (Å²) >= 11 is 5.87. The third kappa shape index (κ3) is 3.00. The SMILES string of the molecule is C[C@@H]1CNCCN1Cc1nc(-c2ccc(Cl)cc2)no1. The van der Waals surface area contributed by atoms with Crippen LogP contribution in [-0.4, -0.2) is 40.7 Å². The molecule has 1 aromatic heterocycles. The van der Waals surface area contributed by atoms with Gasteiger partial charge in [-0.1, -0.05) is 16.8 Å². The molecule has 0 aliphatic carbocycles. The Hall–Kier alpha value is -1.43. The van der Waals surface area contributed by atoms with Crippen LogP contribution in [0.4, 0.5) is 0 Å². The van der Waals surface area contributed by atoms with Crippen LogP contribution in [0.25, 0.3) is 11.4 Å². The normalized spacial score (nSPS) is 20.2. The number of halogens is 1. The van der Waals surface area contributed by atoms with Crippen molar-refractivity contribution in [1.29, 1.82) is 0 Å². The number of rotatable bonds is 3. The predicted octanol–water partition coefficient (Wildman–Crippen LogP) is 2.18. The lowest BCUT2D eigenvalue weighted by molar-refractivity contribution is 0.146. The first-order valence-electron chi connectivity index (χ1n) is 6.75. The summed E-state index contributed by atoms with van der Waals surface area (Å²) in [5.41, 5.74) is 0.915. The van der Waals surface area contributed by atoms with Gasteiger partial charge < -0.3 is 9.84 Å². The van der Waals surface area contributed by atoms with E-state index in [1.54, 1.807) is 0 Å². The van der Waals surface area contributed by atoms with Crippen molar-refractivity contribution in [1.82, 2.24) is 20.4 Å². The predicted molar refractivity (Wildman–Crippen MR) is 77.5 cm³/mol. The van der Waals surface area contributed by atoms with Crippen LogP contribution in [0.15, 0.2) is 28.8 Å². The van der Waals surface area contributed by atoms with Gasteiger partial charge in [0.1, 0.15) is 0 Å². The summed E-state index contributed by atoms with van der Waals surface area (Å²) in [5, 5.41) is 8.10. The molecule has 0 spiro atoms. The summed E-state index contributed by atoms with van der Waals surface area (Å²) in [6.45, 7) is 5.90. The second-order valence-electron chi connectivity index (χ2n) is 5.04. The van der Waals surface area contributed by atoms with Gasteiger partial charge in [0.05, 0.1) is 6.54 Å². The van der Waals surface area contributed by atoms with Crippen LogP contribution in [0.3, 0.4) is 0 Å². The van der Waals surface area contributed by atoms with Crippen molar-refractivity contribution in [2.24, 2.45) is 0 Å². The zero-order valence-corrected chi connectivity index (χ0v) is 12.1. The molecule has 5 nitrogen and oxygen atoms in total. The van der Waals surface area contributed by atoms with Crippen molar-refractivity contribution < 1.29 is 4.52 Å². The molecule has 1 N–H and O–H groups in total. The fraction of sp³-hybridized carbons (Fsp3) is 0.429. The van der Waals surface area contributed by atoms with Crippen LogP contribution in [0.2, 0.25) is 5.02 Å². The summed E-state index contributed by atoms with van der Waals surface area (Å²) in [5.74, 6) is 1.27. The maximum atomic E-state index is 5.87. The second kappa shape index (κ2) is 5.91. The molecular formula is C14H17ClN4O. The number of aromatic nitrogens is 2. The Kier molecular flexibility index (Phi) is 4.00.